The van der Waals surface area contributed by atoms with Crippen LogP contribution in [0, 0.1) is 12.3 Å². The van der Waals surface area contributed by atoms with E-state index in [9.17, 15) is 4.79 Å². The van der Waals surface area contributed by atoms with Crippen LogP contribution in [0.4, 0.5) is 0 Å². The van der Waals surface area contributed by atoms with Crippen molar-refractivity contribution in [2.24, 2.45) is 5.41 Å². The number of aryl methyl sites for hydroxylation is 1. The van der Waals surface area contributed by atoms with Crippen LogP contribution in [0.2, 0.25) is 0 Å². The summed E-state index contributed by atoms with van der Waals surface area (Å²) in [6.07, 6.45) is 5.73. The maximum Gasteiger partial charge on any atom is 0.259 e. The summed E-state index contributed by atoms with van der Waals surface area (Å²) in [6.45, 7) is 5.78. The highest BCUT2D eigenvalue weighted by atomic mass is 16.5. The van der Waals surface area contributed by atoms with Crippen molar-refractivity contribution in [3.05, 3.63) is 23.0 Å². The average molecular weight is 340 g/mol. The minimum atomic E-state index is 0.112. The number of aromatic nitrogens is 2. The predicted octanol–water partition coefficient (Wildman–Crippen LogP) is 2.62. The molecule has 2 aromatic heterocycles. The lowest BCUT2D eigenvalue weighted by Gasteiger charge is -2.39. The SMILES string of the molecule is Cc1noc2nc(C3CC3)cc(C(=O)N3CCC4(CCNC4)CC3)c12. The number of nitrogens with zero attached hydrogens (tertiary/aromatic N) is 3. The van der Waals surface area contributed by atoms with E-state index < -0.39 is 0 Å². The van der Waals surface area contributed by atoms with Gasteiger partial charge in [0.2, 0.25) is 0 Å². The fourth-order valence-electron chi connectivity index (χ4n) is 4.45. The van der Waals surface area contributed by atoms with Gasteiger partial charge in [0, 0.05) is 31.2 Å². The second-order valence-electron chi connectivity index (χ2n) is 8.04. The van der Waals surface area contributed by atoms with E-state index in [0.29, 0.717) is 17.0 Å². The molecular formula is C19H24N4O2. The Morgan fingerprint density at radius 3 is 2.80 bits per heavy atom. The molecule has 1 N–H and O–H groups in total. The summed E-state index contributed by atoms with van der Waals surface area (Å²) in [5.41, 5.74) is 3.39. The Balaban J connectivity index is 1.46. The molecule has 0 unspecified atom stereocenters. The van der Waals surface area contributed by atoms with E-state index in [1.807, 2.05) is 17.9 Å². The van der Waals surface area contributed by atoms with Crippen LogP contribution in [-0.4, -0.2) is 47.1 Å². The van der Waals surface area contributed by atoms with Crippen LogP contribution in [0.3, 0.4) is 0 Å². The molecule has 132 valence electrons. The zero-order chi connectivity index (χ0) is 17.0. The fourth-order valence-corrected chi connectivity index (χ4v) is 4.45. The Morgan fingerprint density at radius 2 is 2.12 bits per heavy atom. The van der Waals surface area contributed by atoms with Crippen LogP contribution < -0.4 is 5.32 Å². The molecule has 4 heterocycles. The Morgan fingerprint density at radius 1 is 1.32 bits per heavy atom. The van der Waals surface area contributed by atoms with Gasteiger partial charge in [0.1, 0.15) is 0 Å². The third kappa shape index (κ3) is 2.54. The van der Waals surface area contributed by atoms with Crippen molar-refractivity contribution in [1.29, 1.82) is 0 Å². The van der Waals surface area contributed by atoms with Crippen LogP contribution in [0.1, 0.15) is 59.8 Å². The number of pyridine rings is 1. The molecule has 0 aromatic carbocycles. The van der Waals surface area contributed by atoms with E-state index in [0.717, 1.165) is 74.2 Å². The maximum atomic E-state index is 13.3. The largest absolute Gasteiger partial charge is 0.339 e. The molecule has 6 nitrogen and oxygen atoms in total. The zero-order valence-corrected chi connectivity index (χ0v) is 14.7. The van der Waals surface area contributed by atoms with Gasteiger partial charge in [-0.3, -0.25) is 4.79 Å². The Labute approximate surface area is 146 Å². The molecule has 2 aliphatic heterocycles. The van der Waals surface area contributed by atoms with Crippen LogP contribution in [0.15, 0.2) is 10.6 Å². The van der Waals surface area contributed by atoms with E-state index in [1.165, 1.54) is 6.42 Å². The lowest BCUT2D eigenvalue weighted by Crippen LogP contribution is -2.44. The van der Waals surface area contributed by atoms with Crippen molar-refractivity contribution in [3.8, 4) is 0 Å². The highest BCUT2D eigenvalue weighted by Crippen LogP contribution is 2.41. The summed E-state index contributed by atoms with van der Waals surface area (Å²) < 4.78 is 5.38. The summed E-state index contributed by atoms with van der Waals surface area (Å²) in [5.74, 6) is 0.594. The summed E-state index contributed by atoms with van der Waals surface area (Å²) >= 11 is 0. The van der Waals surface area contributed by atoms with Gasteiger partial charge >= 0.3 is 0 Å². The molecule has 3 aliphatic rings. The number of rotatable bonds is 2. The van der Waals surface area contributed by atoms with Crippen molar-refractivity contribution < 1.29 is 9.32 Å². The van der Waals surface area contributed by atoms with Crippen molar-refractivity contribution in [2.45, 2.75) is 44.9 Å². The topological polar surface area (TPSA) is 71.3 Å². The van der Waals surface area contributed by atoms with Gasteiger partial charge in [-0.25, -0.2) is 4.98 Å². The molecule has 3 fully saturated rings. The maximum absolute atomic E-state index is 13.3. The van der Waals surface area contributed by atoms with Gasteiger partial charge in [-0.2, -0.15) is 0 Å². The van der Waals surface area contributed by atoms with Gasteiger partial charge in [-0.1, -0.05) is 5.16 Å². The number of nitrogens with one attached hydrogen (secondary N) is 1. The zero-order valence-electron chi connectivity index (χ0n) is 14.7. The molecular weight excluding hydrogens is 316 g/mol. The lowest BCUT2D eigenvalue weighted by molar-refractivity contribution is 0.0609. The summed E-state index contributed by atoms with van der Waals surface area (Å²) in [6, 6.07) is 1.99. The van der Waals surface area contributed by atoms with Crippen molar-refractivity contribution in [2.75, 3.05) is 26.2 Å². The van der Waals surface area contributed by atoms with Crippen molar-refractivity contribution in [3.63, 3.8) is 0 Å². The molecule has 2 aromatic rings. The van der Waals surface area contributed by atoms with Crippen molar-refractivity contribution >= 4 is 17.0 Å². The van der Waals surface area contributed by atoms with Crippen molar-refractivity contribution in [1.82, 2.24) is 20.4 Å². The number of fused-ring (bicyclic) bond motifs is 1. The second kappa shape index (κ2) is 5.53. The molecule has 1 saturated carbocycles. The molecule has 25 heavy (non-hydrogen) atoms. The first-order valence-electron chi connectivity index (χ1n) is 9.42. The normalized spacial score (nSPS) is 22.8. The first-order chi connectivity index (χ1) is 12.2. The first-order valence-corrected chi connectivity index (χ1v) is 9.42. The Kier molecular flexibility index (Phi) is 3.39. The molecule has 6 heteroatoms. The lowest BCUT2D eigenvalue weighted by atomic mass is 9.77. The van der Waals surface area contributed by atoms with E-state index >= 15 is 0 Å². The Hall–Kier alpha value is -1.95. The predicted molar refractivity (Wildman–Crippen MR) is 93.6 cm³/mol. The quantitative estimate of drug-likeness (QED) is 0.910. The summed E-state index contributed by atoms with van der Waals surface area (Å²) in [7, 11) is 0. The van der Waals surface area contributed by atoms with E-state index in [1.54, 1.807) is 0 Å². The van der Waals surface area contributed by atoms with Gasteiger partial charge in [-0.05, 0) is 57.1 Å². The number of hydrogen-bond acceptors (Lipinski definition) is 5. The minimum absolute atomic E-state index is 0.112. The molecule has 2 saturated heterocycles. The van der Waals surface area contributed by atoms with Gasteiger partial charge < -0.3 is 14.7 Å². The van der Waals surface area contributed by atoms with Gasteiger partial charge in [0.05, 0.1) is 16.6 Å². The van der Waals surface area contributed by atoms with Gasteiger partial charge in [0.15, 0.2) is 0 Å². The van der Waals surface area contributed by atoms with E-state index in [4.69, 9.17) is 4.52 Å². The monoisotopic (exact) mass is 340 g/mol. The number of likely N-dealkylation sites (tertiary alicyclic amines) is 1. The van der Waals surface area contributed by atoms with Gasteiger partial charge in [-0.15, -0.1) is 0 Å². The number of carbonyl (C=O) groups is 1. The highest BCUT2D eigenvalue weighted by Gasteiger charge is 2.39. The molecule has 1 spiro atoms. The number of carbonyl (C=O) groups excluding carboxylic acids is 1. The molecule has 5 rings (SSSR count). The average Bonchev–Trinajstić information content (AvgIpc) is 3.29. The smallest absolute Gasteiger partial charge is 0.259 e. The third-order valence-corrected chi connectivity index (χ3v) is 6.31. The molecule has 0 radical (unpaired) electrons. The van der Waals surface area contributed by atoms with Gasteiger partial charge in [0.25, 0.3) is 11.6 Å². The van der Waals surface area contributed by atoms with Crippen LogP contribution in [-0.2, 0) is 0 Å². The first kappa shape index (κ1) is 15.3. The third-order valence-electron chi connectivity index (χ3n) is 6.31. The molecule has 0 atom stereocenters. The molecule has 1 amide bonds. The summed E-state index contributed by atoms with van der Waals surface area (Å²) in [5, 5.41) is 8.32. The number of piperidine rings is 1. The minimum Gasteiger partial charge on any atom is -0.339 e. The summed E-state index contributed by atoms with van der Waals surface area (Å²) in [4.78, 5) is 19.9. The van der Waals surface area contributed by atoms with E-state index in [2.05, 4.69) is 15.5 Å². The molecule has 0 bridgehead atoms. The second-order valence-corrected chi connectivity index (χ2v) is 8.04. The van der Waals surface area contributed by atoms with E-state index in [-0.39, 0.29) is 5.91 Å². The van der Waals surface area contributed by atoms with Crippen LogP contribution >= 0.6 is 0 Å². The van der Waals surface area contributed by atoms with Crippen LogP contribution in [0.25, 0.3) is 11.1 Å². The number of amides is 1. The fraction of sp³-hybridized carbons (Fsp3) is 0.632. The highest BCUT2D eigenvalue weighted by molar-refractivity contribution is 6.06. The molecule has 1 aliphatic carbocycles. The Bertz CT molecular complexity index is 823. The standard InChI is InChI=1S/C19H24N4O2/c1-12-16-14(10-15(13-2-3-13)21-17(16)25-22-12)18(24)23-8-5-19(6-9-23)4-7-20-11-19/h10,13,20H,2-9,11H2,1H3. The number of hydrogen-bond donors (Lipinski definition) is 1. The van der Waals surface area contributed by atoms with Crippen LogP contribution in [0.5, 0.6) is 0 Å².